The molecular formula is C14H27N3O. The van der Waals surface area contributed by atoms with Gasteiger partial charge in [0.15, 0.2) is 5.96 Å². The number of nitrogens with zero attached hydrogens (tertiary/aromatic N) is 2. The number of hydrogen-bond donors (Lipinski definition) is 1. The molecule has 0 aromatic heterocycles. The lowest BCUT2D eigenvalue weighted by Crippen LogP contribution is -2.51. The lowest BCUT2D eigenvalue weighted by Gasteiger charge is -2.39. The molecule has 2 rings (SSSR count). The average molecular weight is 253 g/mol. The summed E-state index contributed by atoms with van der Waals surface area (Å²) in [7, 11) is 3.96. The Morgan fingerprint density at radius 2 is 2.17 bits per heavy atom. The first-order valence-corrected chi connectivity index (χ1v) is 7.20. The predicted octanol–water partition coefficient (Wildman–Crippen LogP) is 1.86. The summed E-state index contributed by atoms with van der Waals surface area (Å²) in [5.41, 5.74) is 0.0211. The number of ether oxygens (including phenoxy) is 1. The molecule has 0 amide bonds. The Kier molecular flexibility index (Phi) is 4.49. The molecule has 0 atom stereocenters. The van der Waals surface area contributed by atoms with E-state index in [0.717, 1.165) is 50.8 Å². The Bertz CT molecular complexity index is 295. The minimum absolute atomic E-state index is 0.0211. The van der Waals surface area contributed by atoms with Crippen LogP contribution in [0, 0.1) is 5.92 Å². The fourth-order valence-electron chi connectivity index (χ4n) is 2.89. The van der Waals surface area contributed by atoms with E-state index in [1.807, 2.05) is 7.11 Å². The van der Waals surface area contributed by atoms with Gasteiger partial charge in [-0.2, -0.15) is 0 Å². The Balaban J connectivity index is 1.89. The van der Waals surface area contributed by atoms with Gasteiger partial charge in [-0.1, -0.05) is 6.92 Å². The van der Waals surface area contributed by atoms with Crippen LogP contribution >= 0.6 is 0 Å². The Hall–Kier alpha value is -0.770. The summed E-state index contributed by atoms with van der Waals surface area (Å²) < 4.78 is 5.82. The van der Waals surface area contributed by atoms with Crippen molar-refractivity contribution in [1.82, 2.24) is 10.2 Å². The van der Waals surface area contributed by atoms with E-state index in [4.69, 9.17) is 4.74 Å². The minimum atomic E-state index is 0.0211. The summed E-state index contributed by atoms with van der Waals surface area (Å²) in [6, 6.07) is 0. The summed E-state index contributed by atoms with van der Waals surface area (Å²) in [6.45, 7) is 5.28. The summed E-state index contributed by atoms with van der Waals surface area (Å²) in [5.74, 6) is 1.89. The Morgan fingerprint density at radius 1 is 1.44 bits per heavy atom. The molecule has 0 aromatic carbocycles. The van der Waals surface area contributed by atoms with E-state index in [2.05, 4.69) is 29.2 Å². The van der Waals surface area contributed by atoms with Gasteiger partial charge in [-0.3, -0.25) is 4.99 Å². The van der Waals surface area contributed by atoms with Crippen LogP contribution in [0.25, 0.3) is 0 Å². The highest BCUT2D eigenvalue weighted by Crippen LogP contribution is 2.33. The summed E-state index contributed by atoms with van der Waals surface area (Å²) >= 11 is 0. The van der Waals surface area contributed by atoms with Crippen LogP contribution in [0.1, 0.15) is 39.0 Å². The maximum Gasteiger partial charge on any atom is 0.193 e. The molecule has 0 bridgehead atoms. The van der Waals surface area contributed by atoms with Crippen LogP contribution in [0.2, 0.25) is 0 Å². The fraction of sp³-hybridized carbons (Fsp3) is 0.929. The van der Waals surface area contributed by atoms with Gasteiger partial charge in [0.1, 0.15) is 0 Å². The van der Waals surface area contributed by atoms with Gasteiger partial charge >= 0.3 is 0 Å². The van der Waals surface area contributed by atoms with E-state index in [0.29, 0.717) is 0 Å². The van der Waals surface area contributed by atoms with Crippen molar-refractivity contribution in [2.45, 2.75) is 44.6 Å². The molecule has 1 aliphatic heterocycles. The van der Waals surface area contributed by atoms with Crippen molar-refractivity contribution in [3.8, 4) is 0 Å². The molecule has 0 radical (unpaired) electrons. The summed E-state index contributed by atoms with van der Waals surface area (Å²) in [5, 5.41) is 3.50. The minimum Gasteiger partial charge on any atom is -0.376 e. The quantitative estimate of drug-likeness (QED) is 0.834. The molecular weight excluding hydrogens is 226 g/mol. The molecule has 4 nitrogen and oxygen atoms in total. The second-order valence-electron chi connectivity index (χ2n) is 5.90. The second kappa shape index (κ2) is 5.91. The summed E-state index contributed by atoms with van der Waals surface area (Å²) in [4.78, 5) is 6.76. The van der Waals surface area contributed by atoms with Crippen LogP contribution in [0.15, 0.2) is 4.99 Å². The number of guanidine groups is 1. The van der Waals surface area contributed by atoms with E-state index in [9.17, 15) is 0 Å². The first kappa shape index (κ1) is 13.7. The highest BCUT2D eigenvalue weighted by molar-refractivity contribution is 5.80. The molecule has 0 saturated heterocycles. The molecule has 18 heavy (non-hydrogen) atoms. The lowest BCUT2D eigenvalue weighted by molar-refractivity contribution is -0.0433. The van der Waals surface area contributed by atoms with Crippen LogP contribution in [-0.4, -0.2) is 50.3 Å². The van der Waals surface area contributed by atoms with Gasteiger partial charge in [-0.25, -0.2) is 0 Å². The number of hydrogen-bond acceptors (Lipinski definition) is 4. The van der Waals surface area contributed by atoms with Crippen LogP contribution in [-0.2, 0) is 4.74 Å². The molecule has 4 heteroatoms. The third-order valence-electron chi connectivity index (χ3n) is 4.46. The average Bonchev–Trinajstić information content (AvgIpc) is 2.40. The Morgan fingerprint density at radius 3 is 2.78 bits per heavy atom. The van der Waals surface area contributed by atoms with Crippen molar-refractivity contribution in [3.05, 3.63) is 0 Å². The number of rotatable bonds is 3. The molecule has 1 saturated carbocycles. The molecule has 2 aliphatic rings. The first-order valence-electron chi connectivity index (χ1n) is 7.20. The monoisotopic (exact) mass is 253 g/mol. The molecule has 0 spiro atoms. The normalized spacial score (nSPS) is 33.2. The van der Waals surface area contributed by atoms with E-state index in [-0.39, 0.29) is 5.60 Å². The molecule has 1 fully saturated rings. The third-order valence-corrected chi connectivity index (χ3v) is 4.46. The van der Waals surface area contributed by atoms with Crippen molar-refractivity contribution in [1.29, 1.82) is 0 Å². The fourth-order valence-corrected chi connectivity index (χ4v) is 2.89. The maximum absolute atomic E-state index is 5.82. The van der Waals surface area contributed by atoms with Crippen molar-refractivity contribution in [2.24, 2.45) is 10.9 Å². The molecule has 0 unspecified atom stereocenters. The van der Waals surface area contributed by atoms with Gasteiger partial charge in [0.05, 0.1) is 5.60 Å². The van der Waals surface area contributed by atoms with E-state index in [1.54, 1.807) is 0 Å². The van der Waals surface area contributed by atoms with Crippen molar-refractivity contribution >= 4 is 5.96 Å². The van der Waals surface area contributed by atoms with Gasteiger partial charge < -0.3 is 15.0 Å². The van der Waals surface area contributed by atoms with E-state index < -0.39 is 0 Å². The van der Waals surface area contributed by atoms with Crippen LogP contribution in [0.3, 0.4) is 0 Å². The zero-order valence-corrected chi connectivity index (χ0v) is 12.0. The molecule has 1 N–H and O–H groups in total. The standard InChI is InChI=1S/C14H27N3O/c1-12-5-7-14(18-3,8-6-12)11-16-13-15-9-4-10-17(13)2/h12H,4-11H2,1-3H3,(H,15,16). The van der Waals surface area contributed by atoms with Gasteiger partial charge in [0.2, 0.25) is 0 Å². The SMILES string of the molecule is COC1(CNC2=NCCCN2C)CCC(C)CC1. The molecule has 1 aliphatic carbocycles. The van der Waals surface area contributed by atoms with Gasteiger partial charge in [0, 0.05) is 33.8 Å². The Labute approximate surface area is 111 Å². The highest BCUT2D eigenvalue weighted by Gasteiger charge is 2.34. The van der Waals surface area contributed by atoms with E-state index in [1.165, 1.54) is 12.8 Å². The second-order valence-corrected chi connectivity index (χ2v) is 5.90. The van der Waals surface area contributed by atoms with Crippen molar-refractivity contribution in [2.75, 3.05) is 33.8 Å². The lowest BCUT2D eigenvalue weighted by atomic mass is 9.79. The van der Waals surface area contributed by atoms with Gasteiger partial charge in [0.25, 0.3) is 0 Å². The van der Waals surface area contributed by atoms with E-state index >= 15 is 0 Å². The topological polar surface area (TPSA) is 36.9 Å². The van der Waals surface area contributed by atoms with Crippen molar-refractivity contribution < 1.29 is 4.74 Å². The smallest absolute Gasteiger partial charge is 0.193 e. The predicted molar refractivity (Wildman–Crippen MR) is 74.9 cm³/mol. The first-order chi connectivity index (χ1) is 8.65. The number of aliphatic imine (C=N–C) groups is 1. The number of nitrogens with one attached hydrogen (secondary N) is 1. The van der Waals surface area contributed by atoms with Crippen LogP contribution in [0.4, 0.5) is 0 Å². The van der Waals surface area contributed by atoms with Gasteiger partial charge in [-0.15, -0.1) is 0 Å². The molecule has 0 aromatic rings. The summed E-state index contributed by atoms with van der Waals surface area (Å²) in [6.07, 6.45) is 6.04. The number of methoxy groups -OCH3 is 1. The largest absolute Gasteiger partial charge is 0.376 e. The highest BCUT2D eigenvalue weighted by atomic mass is 16.5. The zero-order chi connectivity index (χ0) is 13.0. The van der Waals surface area contributed by atoms with Crippen LogP contribution in [0.5, 0.6) is 0 Å². The van der Waals surface area contributed by atoms with Crippen LogP contribution < -0.4 is 5.32 Å². The molecule has 104 valence electrons. The zero-order valence-electron chi connectivity index (χ0n) is 12.0. The maximum atomic E-state index is 5.82. The third kappa shape index (κ3) is 3.16. The van der Waals surface area contributed by atoms with Crippen molar-refractivity contribution in [3.63, 3.8) is 0 Å². The van der Waals surface area contributed by atoms with Gasteiger partial charge in [-0.05, 0) is 38.0 Å². The molecule has 1 heterocycles.